The standard InChI is InChI=1S/C11H19NO3S/c1-4-9(7-15-3)12-6-10(5-11(12)14)16-8(2)13/h9-10H,4-7H2,1-3H3. The number of carbonyl (C=O) groups is 2. The van der Waals surface area contributed by atoms with Crippen molar-refractivity contribution in [2.45, 2.75) is 38.0 Å². The zero-order valence-corrected chi connectivity index (χ0v) is 10.9. The summed E-state index contributed by atoms with van der Waals surface area (Å²) in [6.07, 6.45) is 1.36. The van der Waals surface area contributed by atoms with Gasteiger partial charge in [0, 0.05) is 32.2 Å². The largest absolute Gasteiger partial charge is 0.383 e. The highest BCUT2D eigenvalue weighted by Crippen LogP contribution is 2.26. The molecule has 0 saturated carbocycles. The fourth-order valence-electron chi connectivity index (χ4n) is 1.98. The molecule has 0 spiro atoms. The number of thioether (sulfide) groups is 1. The van der Waals surface area contributed by atoms with Crippen LogP contribution >= 0.6 is 11.8 Å². The van der Waals surface area contributed by atoms with Gasteiger partial charge in [0.1, 0.15) is 0 Å². The number of carbonyl (C=O) groups excluding carboxylic acids is 2. The maximum absolute atomic E-state index is 11.8. The molecule has 0 N–H and O–H groups in total. The summed E-state index contributed by atoms with van der Waals surface area (Å²) in [7, 11) is 1.64. The summed E-state index contributed by atoms with van der Waals surface area (Å²) in [6, 6.07) is 0.148. The number of hydrogen-bond acceptors (Lipinski definition) is 4. The van der Waals surface area contributed by atoms with E-state index in [4.69, 9.17) is 4.74 Å². The SMILES string of the molecule is CCC(COC)N1CC(SC(C)=O)CC1=O. The van der Waals surface area contributed by atoms with E-state index in [0.29, 0.717) is 19.6 Å². The number of methoxy groups -OCH3 is 1. The van der Waals surface area contributed by atoms with Crippen LogP contribution in [0.2, 0.25) is 0 Å². The normalized spacial score (nSPS) is 22.6. The topological polar surface area (TPSA) is 46.6 Å². The van der Waals surface area contributed by atoms with Crippen molar-refractivity contribution in [1.29, 1.82) is 0 Å². The van der Waals surface area contributed by atoms with E-state index in [9.17, 15) is 9.59 Å². The van der Waals surface area contributed by atoms with Crippen molar-refractivity contribution in [2.24, 2.45) is 0 Å². The summed E-state index contributed by atoms with van der Waals surface area (Å²) >= 11 is 1.27. The molecule has 2 atom stereocenters. The maximum atomic E-state index is 11.8. The Hall–Kier alpha value is -0.550. The molecular formula is C11H19NO3S. The molecule has 1 fully saturated rings. The molecule has 2 unspecified atom stereocenters. The molecule has 1 saturated heterocycles. The Morgan fingerprint density at radius 1 is 1.69 bits per heavy atom. The van der Waals surface area contributed by atoms with Gasteiger partial charge in [-0.05, 0) is 6.42 Å². The highest BCUT2D eigenvalue weighted by atomic mass is 32.2. The highest BCUT2D eigenvalue weighted by Gasteiger charge is 2.34. The third-order valence-electron chi connectivity index (χ3n) is 2.73. The molecular weight excluding hydrogens is 226 g/mol. The van der Waals surface area contributed by atoms with Gasteiger partial charge in [-0.15, -0.1) is 0 Å². The van der Waals surface area contributed by atoms with Gasteiger partial charge in [-0.2, -0.15) is 0 Å². The van der Waals surface area contributed by atoms with E-state index in [1.807, 2.05) is 11.8 Å². The van der Waals surface area contributed by atoms with Crippen LogP contribution in [0.25, 0.3) is 0 Å². The highest BCUT2D eigenvalue weighted by molar-refractivity contribution is 8.14. The van der Waals surface area contributed by atoms with Crippen molar-refractivity contribution >= 4 is 22.8 Å². The molecule has 1 aliphatic heterocycles. The van der Waals surface area contributed by atoms with E-state index in [1.165, 1.54) is 11.8 Å². The summed E-state index contributed by atoms with van der Waals surface area (Å²) in [4.78, 5) is 24.6. The van der Waals surface area contributed by atoms with Crippen molar-refractivity contribution in [1.82, 2.24) is 4.90 Å². The Labute approximate surface area is 101 Å². The molecule has 0 aliphatic carbocycles. The predicted molar refractivity (Wildman–Crippen MR) is 64.3 cm³/mol. The number of rotatable bonds is 5. The Morgan fingerprint density at radius 3 is 2.88 bits per heavy atom. The summed E-state index contributed by atoms with van der Waals surface area (Å²) in [5, 5.41) is 0.204. The molecule has 92 valence electrons. The van der Waals surface area contributed by atoms with Crippen molar-refractivity contribution in [3.63, 3.8) is 0 Å². The van der Waals surface area contributed by atoms with Gasteiger partial charge in [-0.1, -0.05) is 18.7 Å². The van der Waals surface area contributed by atoms with Crippen LogP contribution in [0.15, 0.2) is 0 Å². The molecule has 1 aliphatic rings. The Kier molecular flexibility index (Phi) is 5.28. The minimum absolute atomic E-state index is 0.0828. The van der Waals surface area contributed by atoms with Gasteiger partial charge in [0.25, 0.3) is 0 Å². The van der Waals surface area contributed by atoms with Crippen LogP contribution in [0.3, 0.4) is 0 Å². The van der Waals surface area contributed by atoms with Crippen LogP contribution in [-0.4, -0.2) is 47.5 Å². The van der Waals surface area contributed by atoms with Gasteiger partial charge in [0.2, 0.25) is 5.91 Å². The lowest BCUT2D eigenvalue weighted by Crippen LogP contribution is -2.39. The molecule has 0 aromatic carbocycles. The van der Waals surface area contributed by atoms with Crippen molar-refractivity contribution in [3.8, 4) is 0 Å². The minimum Gasteiger partial charge on any atom is -0.383 e. The van der Waals surface area contributed by atoms with Crippen LogP contribution in [0.4, 0.5) is 0 Å². The first-order valence-electron chi connectivity index (χ1n) is 5.54. The second-order valence-corrected chi connectivity index (χ2v) is 5.48. The van der Waals surface area contributed by atoms with E-state index in [-0.39, 0.29) is 22.3 Å². The molecule has 5 heteroatoms. The number of hydrogen-bond donors (Lipinski definition) is 0. The lowest BCUT2D eigenvalue weighted by atomic mass is 10.2. The molecule has 1 rings (SSSR count). The van der Waals surface area contributed by atoms with E-state index in [2.05, 4.69) is 0 Å². The molecule has 0 aromatic rings. The number of amides is 1. The lowest BCUT2D eigenvalue weighted by Gasteiger charge is -2.26. The average molecular weight is 245 g/mol. The zero-order chi connectivity index (χ0) is 12.1. The first-order valence-corrected chi connectivity index (χ1v) is 6.42. The molecule has 0 aromatic heterocycles. The van der Waals surface area contributed by atoms with Crippen molar-refractivity contribution < 1.29 is 14.3 Å². The summed E-state index contributed by atoms with van der Waals surface area (Å²) in [5.41, 5.74) is 0. The number of ether oxygens (including phenoxy) is 1. The summed E-state index contributed by atoms with van der Waals surface area (Å²) < 4.78 is 5.10. The molecule has 0 bridgehead atoms. The maximum Gasteiger partial charge on any atom is 0.224 e. The molecule has 1 amide bonds. The predicted octanol–water partition coefficient (Wildman–Crippen LogP) is 1.29. The van der Waals surface area contributed by atoms with Gasteiger partial charge in [-0.25, -0.2) is 0 Å². The van der Waals surface area contributed by atoms with Crippen LogP contribution < -0.4 is 0 Å². The van der Waals surface area contributed by atoms with Gasteiger partial charge in [-0.3, -0.25) is 9.59 Å². The van der Waals surface area contributed by atoms with Gasteiger partial charge < -0.3 is 9.64 Å². The van der Waals surface area contributed by atoms with Gasteiger partial charge >= 0.3 is 0 Å². The minimum atomic E-state index is 0.0828. The second-order valence-electron chi connectivity index (χ2n) is 4.00. The van der Waals surface area contributed by atoms with Crippen LogP contribution in [0.1, 0.15) is 26.7 Å². The lowest BCUT2D eigenvalue weighted by molar-refractivity contribution is -0.130. The van der Waals surface area contributed by atoms with Gasteiger partial charge in [0.05, 0.1) is 12.6 Å². The number of likely N-dealkylation sites (tertiary alicyclic amines) is 1. The Bertz CT molecular complexity index is 270. The quantitative estimate of drug-likeness (QED) is 0.732. The summed E-state index contributed by atoms with van der Waals surface area (Å²) in [5.74, 6) is 0.141. The van der Waals surface area contributed by atoms with Crippen molar-refractivity contribution in [2.75, 3.05) is 20.3 Å². The smallest absolute Gasteiger partial charge is 0.224 e. The second kappa shape index (κ2) is 6.25. The van der Waals surface area contributed by atoms with Gasteiger partial charge in [0.15, 0.2) is 5.12 Å². The number of nitrogens with zero attached hydrogens (tertiary/aromatic N) is 1. The zero-order valence-electron chi connectivity index (χ0n) is 10.1. The first-order chi connectivity index (χ1) is 7.58. The van der Waals surface area contributed by atoms with E-state index < -0.39 is 0 Å². The fourth-order valence-corrected chi connectivity index (χ4v) is 2.92. The first kappa shape index (κ1) is 13.5. The molecule has 16 heavy (non-hydrogen) atoms. The molecule has 1 heterocycles. The third kappa shape index (κ3) is 3.49. The molecule has 0 radical (unpaired) electrons. The van der Waals surface area contributed by atoms with Crippen molar-refractivity contribution in [3.05, 3.63) is 0 Å². The van der Waals surface area contributed by atoms with E-state index >= 15 is 0 Å². The molecule has 4 nitrogen and oxygen atoms in total. The fraction of sp³-hybridized carbons (Fsp3) is 0.818. The van der Waals surface area contributed by atoms with E-state index in [0.717, 1.165) is 6.42 Å². The summed E-state index contributed by atoms with van der Waals surface area (Å²) in [6.45, 7) is 4.83. The van der Waals surface area contributed by atoms with Crippen LogP contribution in [0, 0.1) is 0 Å². The van der Waals surface area contributed by atoms with Crippen LogP contribution in [-0.2, 0) is 14.3 Å². The van der Waals surface area contributed by atoms with E-state index in [1.54, 1.807) is 14.0 Å². The third-order valence-corrected chi connectivity index (χ3v) is 3.71. The average Bonchev–Trinajstić information content (AvgIpc) is 2.55. The monoisotopic (exact) mass is 245 g/mol. The Balaban J connectivity index is 2.55. The Morgan fingerprint density at radius 2 is 2.38 bits per heavy atom. The van der Waals surface area contributed by atoms with Crippen LogP contribution in [0.5, 0.6) is 0 Å².